The van der Waals surface area contributed by atoms with Crippen LogP contribution in [0.2, 0.25) is 0 Å². The lowest BCUT2D eigenvalue weighted by atomic mass is 9.90. The van der Waals surface area contributed by atoms with E-state index in [1.54, 1.807) is 6.08 Å². The van der Waals surface area contributed by atoms with Crippen LogP contribution in [0.15, 0.2) is 43.0 Å². The Morgan fingerprint density at radius 3 is 2.55 bits per heavy atom. The summed E-state index contributed by atoms with van der Waals surface area (Å²) in [5.41, 5.74) is 1.36. The lowest BCUT2D eigenvalue weighted by molar-refractivity contribution is -0.137. The lowest BCUT2D eigenvalue weighted by Gasteiger charge is -2.32. The smallest absolute Gasteiger partial charge is 0.232 e. The van der Waals surface area contributed by atoms with E-state index in [4.69, 9.17) is 0 Å². The summed E-state index contributed by atoms with van der Waals surface area (Å²) in [4.78, 5) is 25.4. The van der Waals surface area contributed by atoms with Gasteiger partial charge in [0, 0.05) is 19.6 Å². The van der Waals surface area contributed by atoms with E-state index in [1.807, 2.05) is 11.0 Å². The largest absolute Gasteiger partial charge is 0.352 e. The van der Waals surface area contributed by atoms with Gasteiger partial charge in [0.15, 0.2) is 0 Å². The maximum Gasteiger partial charge on any atom is 0.232 e. The quantitative estimate of drug-likeness (QED) is 0.646. The molecule has 1 aliphatic heterocycles. The van der Waals surface area contributed by atoms with Crippen molar-refractivity contribution in [3.8, 4) is 0 Å². The highest BCUT2D eigenvalue weighted by molar-refractivity contribution is 5.96. The zero-order valence-electron chi connectivity index (χ0n) is 13.0. The van der Waals surface area contributed by atoms with Crippen LogP contribution in [0.1, 0.15) is 24.8 Å². The molecule has 1 aromatic carbocycles. The minimum absolute atomic E-state index is 0.0583. The van der Waals surface area contributed by atoms with Crippen molar-refractivity contribution >= 4 is 11.8 Å². The van der Waals surface area contributed by atoms with E-state index in [0.717, 1.165) is 32.4 Å². The summed E-state index contributed by atoms with van der Waals surface area (Å²) in [5, 5.41) is 2.64. The second-order valence-electron chi connectivity index (χ2n) is 5.78. The van der Waals surface area contributed by atoms with Gasteiger partial charge in [-0.2, -0.15) is 0 Å². The highest BCUT2D eigenvalue weighted by atomic mass is 16.2. The zero-order chi connectivity index (χ0) is 15.8. The molecule has 4 nitrogen and oxygen atoms in total. The summed E-state index contributed by atoms with van der Waals surface area (Å²) in [6.07, 6.45) is 4.64. The van der Waals surface area contributed by atoms with Gasteiger partial charge in [0.1, 0.15) is 6.42 Å². The van der Waals surface area contributed by atoms with Gasteiger partial charge in [-0.1, -0.05) is 36.4 Å². The predicted octanol–water partition coefficient (Wildman–Crippen LogP) is 2.16. The molecule has 0 aliphatic carbocycles. The molecule has 2 amide bonds. The van der Waals surface area contributed by atoms with Gasteiger partial charge in [-0.05, 0) is 30.7 Å². The van der Waals surface area contributed by atoms with Gasteiger partial charge in [-0.15, -0.1) is 6.58 Å². The van der Waals surface area contributed by atoms with E-state index in [-0.39, 0.29) is 18.2 Å². The van der Waals surface area contributed by atoms with Crippen molar-refractivity contribution in [1.29, 1.82) is 0 Å². The van der Waals surface area contributed by atoms with E-state index in [0.29, 0.717) is 12.5 Å². The SMILES string of the molecule is C=CCNC(=O)CC(=O)N1CCC(Cc2ccccc2)CC1. The molecule has 1 fully saturated rings. The summed E-state index contributed by atoms with van der Waals surface area (Å²) >= 11 is 0. The van der Waals surface area contributed by atoms with E-state index in [9.17, 15) is 9.59 Å². The lowest BCUT2D eigenvalue weighted by Crippen LogP contribution is -2.41. The topological polar surface area (TPSA) is 49.4 Å². The molecule has 0 atom stereocenters. The van der Waals surface area contributed by atoms with Gasteiger partial charge in [-0.3, -0.25) is 9.59 Å². The Bertz CT molecular complexity index is 505. The van der Waals surface area contributed by atoms with Crippen molar-refractivity contribution in [2.24, 2.45) is 5.92 Å². The van der Waals surface area contributed by atoms with E-state index in [1.165, 1.54) is 5.56 Å². The fraction of sp³-hybridized carbons (Fsp3) is 0.444. The number of carbonyl (C=O) groups is 2. The molecule has 1 aromatic rings. The van der Waals surface area contributed by atoms with Crippen LogP contribution < -0.4 is 5.32 Å². The summed E-state index contributed by atoms with van der Waals surface area (Å²) in [6, 6.07) is 10.5. The second-order valence-corrected chi connectivity index (χ2v) is 5.78. The second kappa shape index (κ2) is 8.37. The number of nitrogens with one attached hydrogen (secondary N) is 1. The van der Waals surface area contributed by atoms with Crippen LogP contribution in [-0.4, -0.2) is 36.3 Å². The van der Waals surface area contributed by atoms with Gasteiger partial charge in [0.05, 0.1) is 0 Å². The van der Waals surface area contributed by atoms with Crippen molar-refractivity contribution in [2.75, 3.05) is 19.6 Å². The number of nitrogens with zero attached hydrogens (tertiary/aromatic N) is 1. The van der Waals surface area contributed by atoms with E-state index < -0.39 is 0 Å². The molecule has 1 saturated heterocycles. The van der Waals surface area contributed by atoms with E-state index >= 15 is 0 Å². The minimum atomic E-state index is -0.226. The minimum Gasteiger partial charge on any atom is -0.352 e. The Balaban J connectivity index is 1.73. The maximum absolute atomic E-state index is 12.1. The molecule has 1 heterocycles. The van der Waals surface area contributed by atoms with Crippen molar-refractivity contribution in [3.63, 3.8) is 0 Å². The number of piperidine rings is 1. The van der Waals surface area contributed by atoms with Crippen LogP contribution in [-0.2, 0) is 16.0 Å². The van der Waals surface area contributed by atoms with Gasteiger partial charge < -0.3 is 10.2 Å². The summed E-state index contributed by atoms with van der Waals surface area (Å²) in [7, 11) is 0. The Kier molecular flexibility index (Phi) is 6.19. The van der Waals surface area contributed by atoms with E-state index in [2.05, 4.69) is 36.2 Å². The van der Waals surface area contributed by atoms with Crippen LogP contribution in [0.4, 0.5) is 0 Å². The molecule has 1 N–H and O–H groups in total. The maximum atomic E-state index is 12.1. The molecular formula is C18H24N2O2. The molecule has 0 radical (unpaired) electrons. The molecule has 2 rings (SSSR count). The van der Waals surface area contributed by atoms with Crippen LogP contribution in [0.5, 0.6) is 0 Å². The van der Waals surface area contributed by atoms with Crippen molar-refractivity contribution in [1.82, 2.24) is 10.2 Å². The third-order valence-corrected chi connectivity index (χ3v) is 4.09. The van der Waals surface area contributed by atoms with Gasteiger partial charge in [0.25, 0.3) is 0 Å². The summed E-state index contributed by atoms with van der Waals surface area (Å²) in [5.74, 6) is 0.331. The first-order valence-corrected chi connectivity index (χ1v) is 7.88. The molecule has 0 aromatic heterocycles. The first kappa shape index (κ1) is 16.3. The van der Waals surface area contributed by atoms with Crippen LogP contribution in [0.25, 0.3) is 0 Å². The number of carbonyl (C=O) groups excluding carboxylic acids is 2. The first-order chi connectivity index (χ1) is 10.7. The third kappa shape index (κ3) is 5.02. The van der Waals surface area contributed by atoms with Crippen molar-refractivity contribution < 1.29 is 9.59 Å². The van der Waals surface area contributed by atoms with Crippen LogP contribution >= 0.6 is 0 Å². The van der Waals surface area contributed by atoms with Gasteiger partial charge in [-0.25, -0.2) is 0 Å². The van der Waals surface area contributed by atoms with Gasteiger partial charge >= 0.3 is 0 Å². The number of rotatable bonds is 6. The highest BCUT2D eigenvalue weighted by Crippen LogP contribution is 2.22. The molecule has 0 unspecified atom stereocenters. The Morgan fingerprint density at radius 1 is 1.23 bits per heavy atom. The van der Waals surface area contributed by atoms with Crippen molar-refractivity contribution in [2.45, 2.75) is 25.7 Å². The zero-order valence-corrected chi connectivity index (χ0v) is 13.0. The average molecular weight is 300 g/mol. The van der Waals surface area contributed by atoms with Crippen molar-refractivity contribution in [3.05, 3.63) is 48.6 Å². The number of hydrogen-bond acceptors (Lipinski definition) is 2. The summed E-state index contributed by atoms with van der Waals surface area (Å²) in [6.45, 7) is 5.45. The van der Waals surface area contributed by atoms with Gasteiger partial charge in [0.2, 0.25) is 11.8 Å². The Labute approximate surface area is 132 Å². The molecule has 118 valence electrons. The molecule has 0 spiro atoms. The number of amides is 2. The molecule has 1 aliphatic rings. The Hall–Kier alpha value is -2.10. The normalized spacial score (nSPS) is 15.4. The average Bonchev–Trinajstić information content (AvgIpc) is 2.54. The number of likely N-dealkylation sites (tertiary alicyclic amines) is 1. The molecule has 0 bridgehead atoms. The Morgan fingerprint density at radius 2 is 1.91 bits per heavy atom. The summed E-state index contributed by atoms with van der Waals surface area (Å²) < 4.78 is 0. The number of benzene rings is 1. The van der Waals surface area contributed by atoms with Crippen LogP contribution in [0, 0.1) is 5.92 Å². The number of hydrogen-bond donors (Lipinski definition) is 1. The first-order valence-electron chi connectivity index (χ1n) is 7.88. The monoisotopic (exact) mass is 300 g/mol. The fourth-order valence-electron chi connectivity index (χ4n) is 2.83. The third-order valence-electron chi connectivity index (χ3n) is 4.09. The highest BCUT2D eigenvalue weighted by Gasteiger charge is 2.24. The molecule has 0 saturated carbocycles. The molecular weight excluding hydrogens is 276 g/mol. The molecule has 4 heteroatoms. The van der Waals surface area contributed by atoms with Crippen LogP contribution in [0.3, 0.4) is 0 Å². The predicted molar refractivity (Wildman–Crippen MR) is 87.3 cm³/mol. The fourth-order valence-corrected chi connectivity index (χ4v) is 2.83. The standard InChI is InChI=1S/C18H24N2O2/c1-2-10-19-17(21)14-18(22)20-11-8-16(9-12-20)13-15-6-4-3-5-7-15/h2-7,16H,1,8-14H2,(H,19,21). The molecule has 22 heavy (non-hydrogen) atoms.